The summed E-state index contributed by atoms with van der Waals surface area (Å²) in [4.78, 5) is 6.60. The molecule has 0 amide bonds. The maximum atomic E-state index is 13.7. The van der Waals surface area contributed by atoms with Gasteiger partial charge < -0.3 is 10.3 Å². The largest absolute Gasteiger partial charge is 0.333 e. The van der Waals surface area contributed by atoms with Crippen molar-refractivity contribution in [2.75, 3.05) is 13.1 Å². The highest BCUT2D eigenvalue weighted by Gasteiger charge is 2.24. The highest BCUT2D eigenvalue weighted by molar-refractivity contribution is 9.10. The van der Waals surface area contributed by atoms with Crippen molar-refractivity contribution >= 4 is 15.9 Å². The fourth-order valence-electron chi connectivity index (χ4n) is 2.67. The molecule has 1 aromatic carbocycles. The van der Waals surface area contributed by atoms with Crippen LogP contribution in [0.1, 0.15) is 17.4 Å². The lowest BCUT2D eigenvalue weighted by Crippen LogP contribution is -2.39. The first-order chi connectivity index (χ1) is 9.69. The van der Waals surface area contributed by atoms with Crippen LogP contribution in [0.3, 0.4) is 0 Å². The summed E-state index contributed by atoms with van der Waals surface area (Å²) in [5.41, 5.74) is 6.83. The summed E-state index contributed by atoms with van der Waals surface area (Å²) in [6, 6.07) is 5.23. The lowest BCUT2D eigenvalue weighted by molar-refractivity contribution is 0.156. The molecule has 1 unspecified atom stereocenters. The second-order valence-corrected chi connectivity index (χ2v) is 5.79. The van der Waals surface area contributed by atoms with E-state index in [4.69, 9.17) is 5.73 Å². The summed E-state index contributed by atoms with van der Waals surface area (Å²) in [6.45, 7) is 2.99. The summed E-state index contributed by atoms with van der Waals surface area (Å²) in [6.07, 6.45) is 3.80. The van der Waals surface area contributed by atoms with Crippen LogP contribution >= 0.6 is 15.9 Å². The van der Waals surface area contributed by atoms with E-state index in [9.17, 15) is 4.39 Å². The number of fused-ring (bicyclic) bond motifs is 1. The normalized spacial score (nSPS) is 16.9. The number of hydrogen-bond donors (Lipinski definition) is 1. The number of halogens is 2. The van der Waals surface area contributed by atoms with Crippen molar-refractivity contribution < 1.29 is 4.39 Å². The molecule has 0 aliphatic carbocycles. The van der Waals surface area contributed by atoms with Crippen LogP contribution < -0.4 is 5.73 Å². The predicted molar refractivity (Wildman–Crippen MR) is 78.5 cm³/mol. The van der Waals surface area contributed by atoms with Gasteiger partial charge in [0.25, 0.3) is 0 Å². The molecule has 2 heterocycles. The maximum absolute atomic E-state index is 13.7. The monoisotopic (exact) mass is 338 g/mol. The average molecular weight is 339 g/mol. The van der Waals surface area contributed by atoms with E-state index >= 15 is 0 Å². The molecule has 4 nitrogen and oxygen atoms in total. The molecular weight excluding hydrogens is 323 g/mol. The van der Waals surface area contributed by atoms with Gasteiger partial charge in [-0.15, -0.1) is 0 Å². The Bertz CT molecular complexity index is 613. The van der Waals surface area contributed by atoms with Crippen LogP contribution in [0.4, 0.5) is 4.39 Å². The van der Waals surface area contributed by atoms with Gasteiger partial charge in [0.2, 0.25) is 0 Å². The van der Waals surface area contributed by atoms with Crippen molar-refractivity contribution in [3.63, 3.8) is 0 Å². The third-order valence-electron chi connectivity index (χ3n) is 3.77. The highest BCUT2D eigenvalue weighted by atomic mass is 79.9. The second-order valence-electron chi connectivity index (χ2n) is 4.93. The zero-order chi connectivity index (χ0) is 14.1. The van der Waals surface area contributed by atoms with Crippen LogP contribution in [0.15, 0.2) is 35.1 Å². The number of hydrogen-bond acceptors (Lipinski definition) is 3. The Kier molecular flexibility index (Phi) is 3.87. The Balaban J connectivity index is 1.85. The minimum Gasteiger partial charge on any atom is -0.333 e. The summed E-state index contributed by atoms with van der Waals surface area (Å²) in [7, 11) is 0. The van der Waals surface area contributed by atoms with Gasteiger partial charge in [0, 0.05) is 38.1 Å². The first kappa shape index (κ1) is 13.7. The van der Waals surface area contributed by atoms with E-state index in [0.29, 0.717) is 11.0 Å². The quantitative estimate of drug-likeness (QED) is 0.934. The summed E-state index contributed by atoms with van der Waals surface area (Å²) < 4.78 is 16.3. The molecule has 2 N–H and O–H groups in total. The van der Waals surface area contributed by atoms with Crippen LogP contribution in [0.5, 0.6) is 0 Å². The number of nitrogens with zero attached hydrogens (tertiary/aromatic N) is 3. The first-order valence-electron chi connectivity index (χ1n) is 6.58. The average Bonchev–Trinajstić information content (AvgIpc) is 2.91. The van der Waals surface area contributed by atoms with Crippen LogP contribution in [-0.2, 0) is 13.1 Å². The van der Waals surface area contributed by atoms with E-state index in [1.165, 1.54) is 0 Å². The molecule has 0 saturated carbocycles. The fraction of sp³-hybridized carbons (Fsp3) is 0.357. The number of benzene rings is 1. The molecule has 0 bridgehead atoms. The molecule has 2 aromatic rings. The summed E-state index contributed by atoms with van der Waals surface area (Å²) in [5.74, 6) is 0.784. The van der Waals surface area contributed by atoms with Gasteiger partial charge in [-0.2, -0.15) is 0 Å². The molecule has 3 rings (SSSR count). The Morgan fingerprint density at radius 3 is 3.00 bits per heavy atom. The topological polar surface area (TPSA) is 47.1 Å². The van der Waals surface area contributed by atoms with Crippen molar-refractivity contribution in [2.24, 2.45) is 5.73 Å². The Morgan fingerprint density at radius 2 is 2.25 bits per heavy atom. The lowest BCUT2D eigenvalue weighted by Gasteiger charge is -2.34. The first-order valence-corrected chi connectivity index (χ1v) is 7.37. The van der Waals surface area contributed by atoms with E-state index < -0.39 is 0 Å². The van der Waals surface area contributed by atoms with Crippen molar-refractivity contribution in [2.45, 2.75) is 19.1 Å². The molecule has 0 saturated heterocycles. The van der Waals surface area contributed by atoms with Crippen LogP contribution in [0.2, 0.25) is 0 Å². The highest BCUT2D eigenvalue weighted by Crippen LogP contribution is 2.26. The van der Waals surface area contributed by atoms with Crippen molar-refractivity contribution in [3.05, 3.63) is 52.3 Å². The summed E-state index contributed by atoms with van der Waals surface area (Å²) in [5, 5.41) is 0. The third kappa shape index (κ3) is 2.51. The molecule has 106 valence electrons. The van der Waals surface area contributed by atoms with E-state index in [-0.39, 0.29) is 11.9 Å². The van der Waals surface area contributed by atoms with E-state index in [1.54, 1.807) is 12.1 Å². The zero-order valence-electron chi connectivity index (χ0n) is 11.0. The smallest absolute Gasteiger partial charge is 0.137 e. The van der Waals surface area contributed by atoms with Gasteiger partial charge in [0.05, 0.1) is 11.0 Å². The van der Waals surface area contributed by atoms with Crippen molar-refractivity contribution in [1.82, 2.24) is 14.5 Å². The van der Waals surface area contributed by atoms with Gasteiger partial charge >= 0.3 is 0 Å². The molecular formula is C14H16BrFN4. The van der Waals surface area contributed by atoms with Gasteiger partial charge in [0.1, 0.15) is 11.6 Å². The molecule has 1 aliphatic heterocycles. The van der Waals surface area contributed by atoms with Crippen molar-refractivity contribution in [3.8, 4) is 0 Å². The number of rotatable bonds is 3. The van der Waals surface area contributed by atoms with E-state index in [0.717, 1.165) is 31.0 Å². The molecule has 0 fully saturated rings. The van der Waals surface area contributed by atoms with Crippen LogP contribution in [0, 0.1) is 5.82 Å². The standard InChI is InChI=1S/C14H16BrFN4/c15-11-2-1-10(7-12(11)16)13(8-17)20-6-5-19-4-3-18-14(19)9-20/h1-4,7,13H,5-6,8-9,17H2. The Labute approximate surface area is 125 Å². The zero-order valence-corrected chi connectivity index (χ0v) is 12.6. The molecule has 6 heteroatoms. The predicted octanol–water partition coefficient (Wildman–Crippen LogP) is 2.30. The minimum atomic E-state index is -0.251. The molecule has 0 spiro atoms. The van der Waals surface area contributed by atoms with Crippen LogP contribution in [-0.4, -0.2) is 27.5 Å². The number of imidazole rings is 1. The van der Waals surface area contributed by atoms with E-state index in [1.807, 2.05) is 18.5 Å². The fourth-order valence-corrected chi connectivity index (χ4v) is 2.92. The maximum Gasteiger partial charge on any atom is 0.137 e. The molecule has 0 radical (unpaired) electrons. The van der Waals surface area contributed by atoms with Gasteiger partial charge in [-0.3, -0.25) is 4.90 Å². The molecule has 20 heavy (non-hydrogen) atoms. The number of nitrogens with two attached hydrogens (primary N) is 1. The van der Waals surface area contributed by atoms with E-state index in [2.05, 4.69) is 30.4 Å². The van der Waals surface area contributed by atoms with Crippen molar-refractivity contribution in [1.29, 1.82) is 0 Å². The van der Waals surface area contributed by atoms with Gasteiger partial charge in [-0.25, -0.2) is 9.37 Å². The van der Waals surface area contributed by atoms with Gasteiger partial charge in [-0.05, 0) is 33.6 Å². The SMILES string of the molecule is NCC(c1ccc(Br)c(F)c1)N1CCn2ccnc2C1. The number of aromatic nitrogens is 2. The van der Waals surface area contributed by atoms with Gasteiger partial charge in [-0.1, -0.05) is 6.07 Å². The lowest BCUT2D eigenvalue weighted by atomic mass is 10.0. The Morgan fingerprint density at radius 1 is 1.40 bits per heavy atom. The third-order valence-corrected chi connectivity index (χ3v) is 4.41. The van der Waals surface area contributed by atoms with Crippen LogP contribution in [0.25, 0.3) is 0 Å². The molecule has 1 aliphatic rings. The minimum absolute atomic E-state index is 0.0167. The van der Waals surface area contributed by atoms with Gasteiger partial charge in [0.15, 0.2) is 0 Å². The second kappa shape index (κ2) is 5.63. The summed E-state index contributed by atoms with van der Waals surface area (Å²) >= 11 is 3.18. The Hall–Kier alpha value is -1.24. The molecule has 1 aromatic heterocycles. The molecule has 1 atom stereocenters.